The summed E-state index contributed by atoms with van der Waals surface area (Å²) in [5.41, 5.74) is 2.40. The van der Waals surface area contributed by atoms with Gasteiger partial charge in [0.15, 0.2) is 5.69 Å². The van der Waals surface area contributed by atoms with E-state index in [0.717, 1.165) is 16.4 Å². The molecule has 0 spiro atoms. The van der Waals surface area contributed by atoms with Crippen molar-refractivity contribution in [2.24, 2.45) is 0 Å². The number of rotatable bonds is 3. The van der Waals surface area contributed by atoms with Crippen molar-refractivity contribution < 1.29 is 17.9 Å². The number of nitrogens with zero attached hydrogens (tertiary/aromatic N) is 7. The summed E-state index contributed by atoms with van der Waals surface area (Å²) in [4.78, 5) is 11.9. The molecule has 0 aromatic carbocycles. The summed E-state index contributed by atoms with van der Waals surface area (Å²) in [6.45, 7) is 0. The van der Waals surface area contributed by atoms with Gasteiger partial charge in [0.2, 0.25) is 11.8 Å². The zero-order valence-corrected chi connectivity index (χ0v) is 20.1. The lowest BCUT2D eigenvalue weighted by Gasteiger charge is -1.82. The average Bonchev–Trinajstić information content (AvgIpc) is 3.81. The van der Waals surface area contributed by atoms with Gasteiger partial charge in [0, 0.05) is 28.4 Å². The van der Waals surface area contributed by atoms with Crippen LogP contribution in [-0.4, -0.2) is 34.0 Å². The quantitative estimate of drug-likeness (QED) is 0.265. The van der Waals surface area contributed by atoms with E-state index in [1.807, 2.05) is 28.3 Å². The standard InChI is InChI=1S/C6H4N2O2.C6H4N2OS.C6H4N2S2.C3H3NO/c1-3-10-8-5(1)6-7-2-4-9-6;1-4-10-8-5(1)6-7-2-3-9-6;1-3-10-8-5(1)6-7-2-4-9-6;1-2-4-5-3-1/h3*1-4H;1-3H. The molecule has 7 heterocycles. The van der Waals surface area contributed by atoms with Crippen LogP contribution in [-0.2, 0) is 0 Å². The van der Waals surface area contributed by atoms with Crippen molar-refractivity contribution in [3.63, 3.8) is 0 Å². The molecule has 35 heavy (non-hydrogen) atoms. The van der Waals surface area contributed by atoms with Gasteiger partial charge in [0.1, 0.15) is 41.4 Å². The fourth-order valence-electron chi connectivity index (χ4n) is 2.19. The van der Waals surface area contributed by atoms with Gasteiger partial charge in [-0.1, -0.05) is 10.3 Å². The van der Waals surface area contributed by atoms with Gasteiger partial charge in [-0.2, -0.15) is 8.75 Å². The van der Waals surface area contributed by atoms with E-state index in [4.69, 9.17) is 8.83 Å². The van der Waals surface area contributed by atoms with Crippen LogP contribution >= 0.6 is 34.4 Å². The van der Waals surface area contributed by atoms with Crippen LogP contribution in [0.4, 0.5) is 0 Å². The van der Waals surface area contributed by atoms with Gasteiger partial charge in [0.25, 0.3) is 0 Å². The number of thiazole rings is 1. The van der Waals surface area contributed by atoms with Gasteiger partial charge in [-0.3, -0.25) is 0 Å². The minimum absolute atomic E-state index is 0.480. The smallest absolute Gasteiger partial charge is 0.248 e. The van der Waals surface area contributed by atoms with Crippen LogP contribution in [0.2, 0.25) is 0 Å². The predicted molar refractivity (Wildman–Crippen MR) is 129 cm³/mol. The molecule has 0 amide bonds. The molecule has 0 radical (unpaired) electrons. The average molecular weight is 526 g/mol. The van der Waals surface area contributed by atoms with E-state index >= 15 is 0 Å². The van der Waals surface area contributed by atoms with Crippen molar-refractivity contribution in [2.45, 2.75) is 0 Å². The Hall–Kier alpha value is -4.27. The zero-order chi connectivity index (χ0) is 24.0. The highest BCUT2D eigenvalue weighted by molar-refractivity contribution is 7.13. The first-order chi connectivity index (χ1) is 17.4. The molecule has 0 aliphatic heterocycles. The molecule has 7 aromatic rings. The summed E-state index contributed by atoms with van der Waals surface area (Å²) < 4.78 is 27.1. The van der Waals surface area contributed by atoms with E-state index in [2.05, 4.69) is 43.1 Å². The summed E-state index contributed by atoms with van der Waals surface area (Å²) in [7, 11) is 0. The second-order valence-electron chi connectivity index (χ2n) is 5.85. The molecule has 0 bridgehead atoms. The highest BCUT2D eigenvalue weighted by atomic mass is 32.1. The van der Waals surface area contributed by atoms with Gasteiger partial charge in [-0.25, -0.2) is 15.0 Å². The van der Waals surface area contributed by atoms with E-state index in [1.54, 1.807) is 48.3 Å². The predicted octanol–water partition coefficient (Wildman–Crippen LogP) is 6.07. The van der Waals surface area contributed by atoms with Crippen molar-refractivity contribution in [1.82, 2.24) is 34.0 Å². The molecule has 0 saturated carbocycles. The topological polar surface area (TPSA) is 143 Å². The molecule has 0 atom stereocenters. The maximum absolute atomic E-state index is 5.01. The monoisotopic (exact) mass is 525 g/mol. The molecule has 0 fully saturated rings. The third kappa shape index (κ3) is 7.63. The van der Waals surface area contributed by atoms with Crippen molar-refractivity contribution in [3.05, 3.63) is 90.2 Å². The lowest BCUT2D eigenvalue weighted by molar-refractivity contribution is 0.419. The fourth-order valence-corrected chi connectivity index (χ4v) is 3.87. The number of hydrogen-bond donors (Lipinski definition) is 0. The molecule has 7 rings (SSSR count). The van der Waals surface area contributed by atoms with Gasteiger partial charge in [0.05, 0.1) is 18.6 Å². The molecule has 7 aromatic heterocycles. The Morgan fingerprint density at radius 2 is 1.34 bits per heavy atom. The first-order valence-electron chi connectivity index (χ1n) is 9.65. The van der Waals surface area contributed by atoms with E-state index < -0.39 is 0 Å². The highest BCUT2D eigenvalue weighted by Gasteiger charge is 2.03. The Bertz CT molecular complexity index is 1100. The summed E-state index contributed by atoms with van der Waals surface area (Å²) in [6, 6.07) is 7.26. The molecule has 0 saturated heterocycles. The van der Waals surface area contributed by atoms with Gasteiger partial charge < -0.3 is 17.9 Å². The van der Waals surface area contributed by atoms with Crippen LogP contribution in [0.25, 0.3) is 33.9 Å². The van der Waals surface area contributed by atoms with Crippen LogP contribution < -0.4 is 0 Å². The third-order valence-electron chi connectivity index (χ3n) is 3.61. The molecule has 0 unspecified atom stereocenters. The highest BCUT2D eigenvalue weighted by Crippen LogP contribution is 2.20. The Kier molecular flexibility index (Phi) is 9.17. The van der Waals surface area contributed by atoms with Gasteiger partial charge in [-0.15, -0.1) is 11.3 Å². The van der Waals surface area contributed by atoms with Crippen molar-refractivity contribution in [2.75, 3.05) is 0 Å². The van der Waals surface area contributed by atoms with Crippen LogP contribution in [0.15, 0.2) is 108 Å². The summed E-state index contributed by atoms with van der Waals surface area (Å²) in [5.74, 6) is 1.06. The molecule has 0 N–H and O–H groups in total. The summed E-state index contributed by atoms with van der Waals surface area (Å²) >= 11 is 4.46. The molecule has 176 valence electrons. The van der Waals surface area contributed by atoms with Crippen LogP contribution in [0, 0.1) is 0 Å². The fraction of sp³-hybridized carbons (Fsp3) is 0. The first-order valence-corrected chi connectivity index (χ1v) is 12.2. The third-order valence-corrected chi connectivity index (χ3v) is 5.53. The second-order valence-corrected chi connectivity index (χ2v) is 8.08. The van der Waals surface area contributed by atoms with E-state index in [9.17, 15) is 0 Å². The van der Waals surface area contributed by atoms with Crippen LogP contribution in [0.5, 0.6) is 0 Å². The van der Waals surface area contributed by atoms with Crippen LogP contribution in [0.3, 0.4) is 0 Å². The zero-order valence-electron chi connectivity index (χ0n) is 17.6. The number of aromatic nitrogens is 7. The molecule has 0 aliphatic carbocycles. The van der Waals surface area contributed by atoms with Crippen molar-refractivity contribution in [1.29, 1.82) is 0 Å². The SMILES string of the molecule is c1cnoc1.c1coc(-c2ccon2)n1.c1coc(-c2ccsn2)n1.c1csc(-c2ccsn2)n1. The Balaban J connectivity index is 0.000000113. The Morgan fingerprint density at radius 1 is 0.600 bits per heavy atom. The van der Waals surface area contributed by atoms with Gasteiger partial charge in [-0.05, 0) is 41.3 Å². The maximum Gasteiger partial charge on any atom is 0.248 e. The summed E-state index contributed by atoms with van der Waals surface area (Å²) in [6.07, 6.45) is 12.6. The maximum atomic E-state index is 5.01. The van der Waals surface area contributed by atoms with E-state index in [0.29, 0.717) is 17.5 Å². The Labute approximate surface area is 210 Å². The van der Waals surface area contributed by atoms with E-state index in [1.165, 1.54) is 48.1 Å². The molecule has 11 nitrogen and oxygen atoms in total. The second kappa shape index (κ2) is 13.4. The molecule has 0 aliphatic rings. The number of oxazole rings is 2. The van der Waals surface area contributed by atoms with Crippen molar-refractivity contribution in [3.8, 4) is 33.9 Å². The minimum atomic E-state index is 0.480. The van der Waals surface area contributed by atoms with Crippen LogP contribution in [0.1, 0.15) is 0 Å². The lowest BCUT2D eigenvalue weighted by atomic mass is 10.4. The number of hydrogen-bond acceptors (Lipinski definition) is 14. The molecular formula is C21H15N7O4S3. The lowest BCUT2D eigenvalue weighted by Crippen LogP contribution is -1.72. The summed E-state index contributed by atoms with van der Waals surface area (Å²) in [5, 5.41) is 13.8. The first kappa shape index (κ1) is 23.9. The Morgan fingerprint density at radius 3 is 1.80 bits per heavy atom. The van der Waals surface area contributed by atoms with Crippen molar-refractivity contribution >= 4 is 34.4 Å². The largest absolute Gasteiger partial charge is 0.443 e. The minimum Gasteiger partial charge on any atom is -0.443 e. The normalized spacial score (nSPS) is 9.71. The molecular weight excluding hydrogens is 510 g/mol. The van der Waals surface area contributed by atoms with E-state index in [-0.39, 0.29) is 0 Å². The van der Waals surface area contributed by atoms with Gasteiger partial charge >= 0.3 is 0 Å². The molecule has 14 heteroatoms.